The van der Waals surface area contributed by atoms with Gasteiger partial charge in [0, 0.05) is 11.8 Å². The van der Waals surface area contributed by atoms with Gasteiger partial charge in [0.2, 0.25) is 0 Å². The molecule has 0 fully saturated rings. The topological polar surface area (TPSA) is 115 Å². The molecule has 2 aromatic carbocycles. The average molecular weight is 379 g/mol. The summed E-state index contributed by atoms with van der Waals surface area (Å²) in [5.74, 6) is -2.09. The van der Waals surface area contributed by atoms with Crippen molar-refractivity contribution in [3.05, 3.63) is 42.5 Å². The Bertz CT molecular complexity index is 804. The van der Waals surface area contributed by atoms with Gasteiger partial charge >= 0.3 is 11.9 Å². The van der Waals surface area contributed by atoms with Gasteiger partial charge in [-0.3, -0.25) is 13.7 Å². The van der Waals surface area contributed by atoms with Crippen molar-refractivity contribution in [1.29, 1.82) is 0 Å². The molecule has 8 heteroatoms. The van der Waals surface area contributed by atoms with Gasteiger partial charge in [-0.05, 0) is 24.3 Å². The smallest absolute Gasteiger partial charge is 0.327 e. The summed E-state index contributed by atoms with van der Waals surface area (Å²) in [6.07, 6.45) is 1.60. The fourth-order valence-electron chi connectivity index (χ4n) is 2.89. The maximum Gasteiger partial charge on any atom is 0.327 e. The van der Waals surface area contributed by atoms with Gasteiger partial charge in [0.25, 0.3) is 11.3 Å². The van der Waals surface area contributed by atoms with Crippen molar-refractivity contribution in [3.63, 3.8) is 0 Å². The number of fused-ring (bicyclic) bond motifs is 1. The Balaban J connectivity index is 2.25. The van der Waals surface area contributed by atoms with Crippen molar-refractivity contribution in [1.82, 2.24) is 0 Å². The van der Waals surface area contributed by atoms with Crippen LogP contribution in [0.5, 0.6) is 0 Å². The third-order valence-electron chi connectivity index (χ3n) is 4.11. The van der Waals surface area contributed by atoms with Gasteiger partial charge in [-0.15, -0.1) is 0 Å². The molecule has 140 valence electrons. The second kappa shape index (κ2) is 9.30. The van der Waals surface area contributed by atoms with Crippen molar-refractivity contribution in [3.8, 4) is 0 Å². The van der Waals surface area contributed by atoms with Gasteiger partial charge in [0.15, 0.2) is 0 Å². The van der Waals surface area contributed by atoms with Crippen LogP contribution in [0.3, 0.4) is 0 Å². The molecule has 0 spiro atoms. The molecule has 0 aromatic heterocycles. The highest BCUT2D eigenvalue weighted by Crippen LogP contribution is 2.30. The molecular weight excluding hydrogens is 358 g/mol. The molecule has 0 bridgehead atoms. The van der Waals surface area contributed by atoms with Gasteiger partial charge in [0.1, 0.15) is 6.04 Å². The number of carboxylic acids is 2. The van der Waals surface area contributed by atoms with E-state index in [9.17, 15) is 23.5 Å². The number of carbonyl (C=O) groups is 2. The lowest BCUT2D eigenvalue weighted by atomic mass is 10.0. The van der Waals surface area contributed by atoms with Crippen LogP contribution >= 0.6 is 0 Å². The highest BCUT2D eigenvalue weighted by molar-refractivity contribution is 7.80. The van der Waals surface area contributed by atoms with Gasteiger partial charge in [-0.2, -0.15) is 0 Å². The molecular formula is C18H21NO6S. The molecule has 0 saturated carbocycles. The number of hydrogen-bond donors (Lipinski definition) is 3. The van der Waals surface area contributed by atoms with Crippen LogP contribution in [0.1, 0.15) is 32.1 Å². The molecule has 26 heavy (non-hydrogen) atoms. The Labute approximate surface area is 153 Å². The van der Waals surface area contributed by atoms with Crippen LogP contribution < -0.4 is 4.31 Å². The van der Waals surface area contributed by atoms with E-state index in [2.05, 4.69) is 0 Å². The van der Waals surface area contributed by atoms with E-state index in [0.29, 0.717) is 30.3 Å². The monoisotopic (exact) mass is 379 g/mol. The first-order valence-corrected chi connectivity index (χ1v) is 9.30. The molecule has 0 radical (unpaired) electrons. The Kier molecular flexibility index (Phi) is 7.11. The molecule has 2 rings (SSSR count). The van der Waals surface area contributed by atoms with E-state index in [-0.39, 0.29) is 12.8 Å². The summed E-state index contributed by atoms with van der Waals surface area (Å²) in [5.41, 5.74) is 0.377. The molecule has 0 amide bonds. The third-order valence-corrected chi connectivity index (χ3v) is 4.90. The normalized spacial score (nSPS) is 13.3. The molecule has 3 N–H and O–H groups in total. The molecule has 0 aliphatic rings. The molecule has 0 heterocycles. The van der Waals surface area contributed by atoms with E-state index >= 15 is 0 Å². The minimum Gasteiger partial charge on any atom is -0.481 e. The third kappa shape index (κ3) is 5.03. The van der Waals surface area contributed by atoms with Gasteiger partial charge in [-0.25, -0.2) is 9.00 Å². The number of nitrogens with zero attached hydrogens (tertiary/aromatic N) is 1. The molecule has 0 aliphatic carbocycles. The predicted molar refractivity (Wildman–Crippen MR) is 99.3 cm³/mol. The summed E-state index contributed by atoms with van der Waals surface area (Å²) in [4.78, 5) is 22.3. The number of aliphatic carboxylic acids is 2. The van der Waals surface area contributed by atoms with E-state index in [0.717, 1.165) is 9.69 Å². The number of anilines is 1. The van der Waals surface area contributed by atoms with Crippen LogP contribution in [0.4, 0.5) is 5.69 Å². The Morgan fingerprint density at radius 3 is 2.35 bits per heavy atom. The molecule has 2 atom stereocenters. The van der Waals surface area contributed by atoms with Crippen LogP contribution in [0, 0.1) is 0 Å². The van der Waals surface area contributed by atoms with Crippen molar-refractivity contribution in [2.45, 2.75) is 38.1 Å². The summed E-state index contributed by atoms with van der Waals surface area (Å²) < 4.78 is 22.7. The van der Waals surface area contributed by atoms with Crippen molar-refractivity contribution in [2.24, 2.45) is 0 Å². The second-order valence-electron chi connectivity index (χ2n) is 5.90. The number of unbranched alkanes of at least 4 members (excludes halogenated alkanes) is 2. The highest BCUT2D eigenvalue weighted by atomic mass is 32.2. The van der Waals surface area contributed by atoms with Crippen LogP contribution in [0.2, 0.25) is 0 Å². The summed E-state index contributed by atoms with van der Waals surface area (Å²) in [6.45, 7) is 0. The van der Waals surface area contributed by atoms with Crippen molar-refractivity contribution < 1.29 is 28.6 Å². The molecule has 2 unspecified atom stereocenters. The zero-order valence-corrected chi connectivity index (χ0v) is 14.9. The first-order valence-electron chi connectivity index (χ1n) is 8.24. The number of benzene rings is 2. The van der Waals surface area contributed by atoms with Crippen LogP contribution in [-0.2, 0) is 20.9 Å². The van der Waals surface area contributed by atoms with Gasteiger partial charge in [-0.1, -0.05) is 49.2 Å². The van der Waals surface area contributed by atoms with Crippen LogP contribution in [0.15, 0.2) is 42.5 Å². The second-order valence-corrected chi connectivity index (χ2v) is 6.76. The summed E-state index contributed by atoms with van der Waals surface area (Å²) in [5, 5.41) is 19.8. The van der Waals surface area contributed by atoms with Crippen molar-refractivity contribution in [2.75, 3.05) is 4.31 Å². The standard InChI is InChI=1S/C18H21NO6S/c20-17(21)12-3-1-2-10-16(18(22)23)19(26(24)25)15-11-6-8-13-7-4-5-9-14(13)15/h4-9,11,16H,1-3,10,12H2,(H,20,21)(H,22,23)(H,24,25). The molecule has 2 aromatic rings. The minimum atomic E-state index is -2.52. The lowest BCUT2D eigenvalue weighted by Crippen LogP contribution is -2.42. The summed E-state index contributed by atoms with van der Waals surface area (Å²) >= 11 is -2.52. The SMILES string of the molecule is O=C(O)CCCCCC(C(=O)O)N(c1cccc2ccccc12)S(=O)O. The van der Waals surface area contributed by atoms with E-state index in [1.54, 1.807) is 24.3 Å². The fraction of sp³-hybridized carbons (Fsp3) is 0.333. The van der Waals surface area contributed by atoms with Crippen molar-refractivity contribution >= 4 is 39.7 Å². The maximum absolute atomic E-state index is 12.0. The first-order chi connectivity index (χ1) is 12.4. The zero-order valence-electron chi connectivity index (χ0n) is 14.1. The average Bonchev–Trinajstić information content (AvgIpc) is 2.59. The summed E-state index contributed by atoms with van der Waals surface area (Å²) in [6, 6.07) is 11.2. The van der Waals surface area contributed by atoms with E-state index in [1.165, 1.54) is 0 Å². The minimum absolute atomic E-state index is 0.0245. The molecule has 7 nitrogen and oxygen atoms in total. The van der Waals surface area contributed by atoms with Crippen LogP contribution in [-0.4, -0.2) is 37.0 Å². The van der Waals surface area contributed by atoms with E-state index in [1.807, 2.05) is 18.2 Å². The van der Waals surface area contributed by atoms with E-state index < -0.39 is 29.2 Å². The lowest BCUT2D eigenvalue weighted by molar-refractivity contribution is -0.139. The lowest BCUT2D eigenvalue weighted by Gasteiger charge is -2.28. The number of carboxylic acid groups (broad SMARTS) is 2. The number of rotatable bonds is 10. The quantitative estimate of drug-likeness (QED) is 0.431. The fourth-order valence-corrected chi connectivity index (χ4v) is 3.63. The van der Waals surface area contributed by atoms with E-state index in [4.69, 9.17) is 5.11 Å². The maximum atomic E-state index is 12.0. The predicted octanol–water partition coefficient (Wildman–Crippen LogP) is 3.27. The largest absolute Gasteiger partial charge is 0.481 e. The molecule has 0 saturated heterocycles. The van der Waals surface area contributed by atoms with Gasteiger partial charge in [0.05, 0.1) is 5.69 Å². The summed E-state index contributed by atoms with van der Waals surface area (Å²) in [7, 11) is 0. The first kappa shape index (κ1) is 19.9. The van der Waals surface area contributed by atoms with Crippen LogP contribution in [0.25, 0.3) is 10.8 Å². The highest BCUT2D eigenvalue weighted by Gasteiger charge is 2.30. The Morgan fingerprint density at radius 2 is 1.69 bits per heavy atom. The Morgan fingerprint density at radius 1 is 1.00 bits per heavy atom. The van der Waals surface area contributed by atoms with Gasteiger partial charge < -0.3 is 10.2 Å². The Hall–Kier alpha value is -2.45. The molecule has 0 aliphatic heterocycles. The number of hydrogen-bond acceptors (Lipinski definition) is 3. The zero-order chi connectivity index (χ0) is 19.1.